The number of halogens is 1. The SMILES string of the molecule is Cc1ccc(S(=O)(=O)NC(=O)c2ccc3nc(C)n(Cc4ccc(OCC5CCCCC5)cc4Cl)c3c2)cc1. The summed E-state index contributed by atoms with van der Waals surface area (Å²) in [7, 11) is -4.00. The van der Waals surface area contributed by atoms with E-state index in [0.29, 0.717) is 35.1 Å². The second-order valence-corrected chi connectivity index (χ2v) is 12.4. The van der Waals surface area contributed by atoms with Gasteiger partial charge in [-0.3, -0.25) is 4.79 Å². The van der Waals surface area contributed by atoms with Gasteiger partial charge < -0.3 is 9.30 Å². The lowest BCUT2D eigenvalue weighted by Crippen LogP contribution is -2.30. The molecule has 204 valence electrons. The van der Waals surface area contributed by atoms with Crippen molar-refractivity contribution < 1.29 is 17.9 Å². The fourth-order valence-electron chi connectivity index (χ4n) is 5.03. The van der Waals surface area contributed by atoms with E-state index in [0.717, 1.165) is 22.7 Å². The standard InChI is InChI=1S/C30H32ClN3O4S/c1-20-8-13-26(14-9-20)39(36,37)33-30(35)23-11-15-28-29(16-23)34(21(2)32-28)18-24-10-12-25(17-27(24)31)38-19-22-6-4-3-5-7-22/h8-17,22H,3-7,18-19H2,1-2H3,(H,33,35). The average molecular weight is 566 g/mol. The zero-order valence-corrected chi connectivity index (χ0v) is 23.7. The van der Waals surface area contributed by atoms with E-state index in [-0.39, 0.29) is 10.5 Å². The predicted octanol–water partition coefficient (Wildman–Crippen LogP) is 6.43. The highest BCUT2D eigenvalue weighted by Crippen LogP contribution is 2.28. The van der Waals surface area contributed by atoms with Gasteiger partial charge in [0, 0.05) is 10.6 Å². The van der Waals surface area contributed by atoms with Crippen LogP contribution in [0.3, 0.4) is 0 Å². The van der Waals surface area contributed by atoms with Gasteiger partial charge in [-0.15, -0.1) is 0 Å². The first-order valence-electron chi connectivity index (χ1n) is 13.2. The molecule has 1 aliphatic rings. The number of aromatic nitrogens is 2. The van der Waals surface area contributed by atoms with Crippen LogP contribution in [0.1, 0.15) is 59.4 Å². The Hall–Kier alpha value is -3.36. The first-order chi connectivity index (χ1) is 18.7. The minimum atomic E-state index is -4.00. The van der Waals surface area contributed by atoms with Gasteiger partial charge in [0.25, 0.3) is 15.9 Å². The Morgan fingerprint density at radius 1 is 1.03 bits per heavy atom. The highest BCUT2D eigenvalue weighted by molar-refractivity contribution is 7.90. The van der Waals surface area contributed by atoms with Crippen molar-refractivity contribution in [3.05, 3.63) is 88.2 Å². The summed E-state index contributed by atoms with van der Waals surface area (Å²) in [6.07, 6.45) is 6.31. The molecule has 1 fully saturated rings. The van der Waals surface area contributed by atoms with Crippen molar-refractivity contribution in [2.45, 2.75) is 57.4 Å². The number of rotatable bonds is 8. The topological polar surface area (TPSA) is 90.3 Å². The molecule has 0 spiro atoms. The number of nitrogens with zero attached hydrogens (tertiary/aromatic N) is 2. The monoisotopic (exact) mass is 565 g/mol. The summed E-state index contributed by atoms with van der Waals surface area (Å²) in [6, 6.07) is 17.0. The summed E-state index contributed by atoms with van der Waals surface area (Å²) in [5.74, 6) is 1.41. The van der Waals surface area contributed by atoms with Gasteiger partial charge in [0.1, 0.15) is 11.6 Å². The van der Waals surface area contributed by atoms with Crippen LogP contribution in [0.4, 0.5) is 0 Å². The smallest absolute Gasteiger partial charge is 0.265 e. The molecule has 4 aromatic rings. The van der Waals surface area contributed by atoms with Gasteiger partial charge >= 0.3 is 0 Å². The third-order valence-corrected chi connectivity index (χ3v) is 9.02. The molecule has 1 saturated carbocycles. The van der Waals surface area contributed by atoms with Gasteiger partial charge in [0.2, 0.25) is 0 Å². The average Bonchev–Trinajstić information content (AvgIpc) is 3.23. The van der Waals surface area contributed by atoms with Crippen molar-refractivity contribution >= 4 is 38.6 Å². The van der Waals surface area contributed by atoms with Crippen LogP contribution < -0.4 is 9.46 Å². The molecular weight excluding hydrogens is 534 g/mol. The number of sulfonamides is 1. The highest BCUT2D eigenvalue weighted by atomic mass is 35.5. The lowest BCUT2D eigenvalue weighted by Gasteiger charge is -2.21. The number of fused-ring (bicyclic) bond motifs is 1. The van der Waals surface area contributed by atoms with E-state index in [4.69, 9.17) is 16.3 Å². The molecule has 3 aromatic carbocycles. The van der Waals surface area contributed by atoms with Crippen molar-refractivity contribution in [3.63, 3.8) is 0 Å². The summed E-state index contributed by atoms with van der Waals surface area (Å²) >= 11 is 6.65. The Balaban J connectivity index is 1.33. The van der Waals surface area contributed by atoms with Gasteiger partial charge in [0.15, 0.2) is 0 Å². The van der Waals surface area contributed by atoms with Crippen LogP contribution in [0.15, 0.2) is 65.6 Å². The van der Waals surface area contributed by atoms with Crippen molar-refractivity contribution in [3.8, 4) is 5.75 Å². The van der Waals surface area contributed by atoms with Crippen molar-refractivity contribution in [2.75, 3.05) is 6.61 Å². The van der Waals surface area contributed by atoms with Crippen LogP contribution in [0, 0.1) is 19.8 Å². The Labute approximate surface area is 234 Å². The fraction of sp³-hybridized carbons (Fsp3) is 0.333. The van der Waals surface area contributed by atoms with E-state index >= 15 is 0 Å². The van der Waals surface area contributed by atoms with Crippen molar-refractivity contribution in [2.24, 2.45) is 5.92 Å². The van der Waals surface area contributed by atoms with Gasteiger partial charge in [-0.25, -0.2) is 18.1 Å². The number of benzene rings is 3. The maximum atomic E-state index is 12.9. The predicted molar refractivity (Wildman–Crippen MR) is 153 cm³/mol. The van der Waals surface area contributed by atoms with Gasteiger partial charge in [-0.1, -0.05) is 54.6 Å². The molecule has 1 heterocycles. The van der Waals surface area contributed by atoms with Gasteiger partial charge in [0.05, 0.1) is 29.1 Å². The number of hydrogen-bond acceptors (Lipinski definition) is 5. The Kier molecular flexibility index (Phi) is 7.96. The molecule has 0 aliphatic heterocycles. The van der Waals surface area contributed by atoms with Crippen molar-refractivity contribution in [1.82, 2.24) is 14.3 Å². The second-order valence-electron chi connectivity index (χ2n) is 10.3. The number of carbonyl (C=O) groups is 1. The van der Waals surface area contributed by atoms with E-state index in [1.54, 1.807) is 30.3 Å². The summed E-state index contributed by atoms with van der Waals surface area (Å²) < 4.78 is 35.6. The molecule has 0 radical (unpaired) electrons. The summed E-state index contributed by atoms with van der Waals surface area (Å²) in [5.41, 5.74) is 3.45. The highest BCUT2D eigenvalue weighted by Gasteiger charge is 2.20. The lowest BCUT2D eigenvalue weighted by molar-refractivity contribution is 0.0981. The fourth-order valence-corrected chi connectivity index (χ4v) is 6.23. The molecule has 0 unspecified atom stereocenters. The van der Waals surface area contributed by atoms with E-state index < -0.39 is 15.9 Å². The lowest BCUT2D eigenvalue weighted by atomic mass is 9.90. The minimum Gasteiger partial charge on any atom is -0.493 e. The number of nitrogens with one attached hydrogen (secondary N) is 1. The van der Waals surface area contributed by atoms with Crippen LogP contribution in [0.2, 0.25) is 5.02 Å². The molecule has 5 rings (SSSR count). The van der Waals surface area contributed by atoms with E-state index in [2.05, 4.69) is 9.71 Å². The van der Waals surface area contributed by atoms with Gasteiger partial charge in [-0.05, 0) is 80.6 Å². The number of amides is 1. The second kappa shape index (κ2) is 11.4. The number of ether oxygens (including phenoxy) is 1. The normalized spacial score (nSPS) is 14.4. The molecule has 1 aromatic heterocycles. The zero-order valence-electron chi connectivity index (χ0n) is 22.1. The van der Waals surface area contributed by atoms with Crippen LogP contribution in [-0.4, -0.2) is 30.5 Å². The summed E-state index contributed by atoms with van der Waals surface area (Å²) in [5, 5.41) is 0.593. The largest absolute Gasteiger partial charge is 0.493 e. The van der Waals surface area contributed by atoms with Crippen LogP contribution in [0.5, 0.6) is 5.75 Å². The molecule has 0 saturated heterocycles. The molecule has 0 bridgehead atoms. The Morgan fingerprint density at radius 3 is 2.49 bits per heavy atom. The maximum absolute atomic E-state index is 12.9. The van der Waals surface area contributed by atoms with Crippen LogP contribution >= 0.6 is 11.6 Å². The maximum Gasteiger partial charge on any atom is 0.265 e. The molecule has 9 heteroatoms. The van der Waals surface area contributed by atoms with Crippen LogP contribution in [-0.2, 0) is 16.6 Å². The molecule has 1 aliphatic carbocycles. The van der Waals surface area contributed by atoms with Gasteiger partial charge in [-0.2, -0.15) is 0 Å². The number of aryl methyl sites for hydroxylation is 2. The number of hydrogen-bond donors (Lipinski definition) is 1. The first kappa shape index (κ1) is 27.2. The molecule has 7 nitrogen and oxygen atoms in total. The van der Waals surface area contributed by atoms with E-state index in [1.807, 2.05) is 36.6 Å². The number of carbonyl (C=O) groups excluding carboxylic acids is 1. The molecule has 39 heavy (non-hydrogen) atoms. The molecule has 1 N–H and O–H groups in total. The minimum absolute atomic E-state index is 0.0317. The zero-order chi connectivity index (χ0) is 27.6. The van der Waals surface area contributed by atoms with Crippen LogP contribution in [0.25, 0.3) is 11.0 Å². The summed E-state index contributed by atoms with van der Waals surface area (Å²) in [6.45, 7) is 4.90. The molecule has 1 amide bonds. The quantitative estimate of drug-likeness (QED) is 0.266. The van der Waals surface area contributed by atoms with E-state index in [1.165, 1.54) is 44.2 Å². The van der Waals surface area contributed by atoms with E-state index in [9.17, 15) is 13.2 Å². The molecule has 0 atom stereocenters. The summed E-state index contributed by atoms with van der Waals surface area (Å²) in [4.78, 5) is 17.6. The third-order valence-electron chi connectivity index (χ3n) is 7.32. The number of imidazole rings is 1. The van der Waals surface area contributed by atoms with Crippen molar-refractivity contribution in [1.29, 1.82) is 0 Å². The first-order valence-corrected chi connectivity index (χ1v) is 15.1. The molecular formula is C30H32ClN3O4S. The Morgan fingerprint density at radius 2 is 1.77 bits per heavy atom. The third kappa shape index (κ3) is 6.28. The Bertz CT molecular complexity index is 1610.